The topological polar surface area (TPSA) is 43.0 Å². The summed E-state index contributed by atoms with van der Waals surface area (Å²) >= 11 is 0. The van der Waals surface area contributed by atoms with Gasteiger partial charge in [-0.2, -0.15) is 5.10 Å². The van der Waals surface area contributed by atoms with Gasteiger partial charge < -0.3 is 9.67 Å². The Morgan fingerprint density at radius 2 is 1.90 bits per heavy atom. The summed E-state index contributed by atoms with van der Waals surface area (Å²) in [5.41, 5.74) is 1.17. The van der Waals surface area contributed by atoms with Crippen LogP contribution in [0.5, 0.6) is 0 Å². The predicted molar refractivity (Wildman–Crippen MR) is 72.9 cm³/mol. The quantitative estimate of drug-likeness (QED) is 0.802. The lowest BCUT2D eigenvalue weighted by molar-refractivity contribution is 0.151. The van der Waals surface area contributed by atoms with Crippen molar-refractivity contribution in [1.82, 2.24) is 14.3 Å². The molecule has 0 aliphatic heterocycles. The highest BCUT2D eigenvalue weighted by atomic mass is 19.2. The Morgan fingerprint density at radius 3 is 2.62 bits per heavy atom. The third kappa shape index (κ3) is 2.85. The maximum Gasteiger partial charge on any atom is 0.159 e. The fraction of sp³-hybridized carbons (Fsp3) is 0.133. The van der Waals surface area contributed by atoms with E-state index in [-0.39, 0.29) is 6.54 Å². The van der Waals surface area contributed by atoms with E-state index in [4.69, 9.17) is 0 Å². The van der Waals surface area contributed by atoms with E-state index in [0.29, 0.717) is 5.56 Å². The zero-order valence-electron chi connectivity index (χ0n) is 11.0. The molecule has 21 heavy (non-hydrogen) atoms. The van der Waals surface area contributed by atoms with Crippen molar-refractivity contribution in [2.75, 3.05) is 0 Å². The zero-order chi connectivity index (χ0) is 14.8. The van der Waals surface area contributed by atoms with Crippen molar-refractivity contribution in [3.05, 3.63) is 72.3 Å². The van der Waals surface area contributed by atoms with Gasteiger partial charge in [0.2, 0.25) is 0 Å². The Bertz CT molecular complexity index is 737. The summed E-state index contributed by atoms with van der Waals surface area (Å²) in [5, 5.41) is 14.2. The maximum atomic E-state index is 13.2. The fourth-order valence-electron chi connectivity index (χ4n) is 2.09. The van der Waals surface area contributed by atoms with Crippen LogP contribution in [0.25, 0.3) is 5.69 Å². The van der Waals surface area contributed by atoms with Crippen LogP contribution in [0.2, 0.25) is 0 Å². The van der Waals surface area contributed by atoms with Gasteiger partial charge >= 0.3 is 0 Å². The van der Waals surface area contributed by atoms with E-state index < -0.39 is 17.7 Å². The molecule has 3 rings (SSSR count). The van der Waals surface area contributed by atoms with Crippen molar-refractivity contribution in [3.8, 4) is 5.69 Å². The summed E-state index contributed by atoms with van der Waals surface area (Å²) in [6.45, 7) is 0.159. The SMILES string of the molecule is OC(Cn1cc(-n2cccc2)cn1)c1ccc(F)c(F)c1. The molecule has 1 unspecified atom stereocenters. The molecule has 3 aromatic rings. The Labute approximate surface area is 119 Å². The highest BCUT2D eigenvalue weighted by Crippen LogP contribution is 2.18. The summed E-state index contributed by atoms with van der Waals surface area (Å²) in [7, 11) is 0. The Morgan fingerprint density at radius 1 is 1.14 bits per heavy atom. The lowest BCUT2D eigenvalue weighted by Crippen LogP contribution is -2.09. The molecule has 1 aromatic carbocycles. The summed E-state index contributed by atoms with van der Waals surface area (Å²) < 4.78 is 29.5. The molecule has 0 bridgehead atoms. The van der Waals surface area contributed by atoms with Gasteiger partial charge in [-0.05, 0) is 29.8 Å². The zero-order valence-corrected chi connectivity index (χ0v) is 11.0. The molecule has 1 atom stereocenters. The van der Waals surface area contributed by atoms with Gasteiger partial charge in [0.25, 0.3) is 0 Å². The lowest BCUT2D eigenvalue weighted by Gasteiger charge is -2.11. The predicted octanol–water partition coefficient (Wildman–Crippen LogP) is 2.69. The number of nitrogens with zero attached hydrogens (tertiary/aromatic N) is 3. The minimum absolute atomic E-state index is 0.159. The van der Waals surface area contributed by atoms with Crippen LogP contribution < -0.4 is 0 Å². The number of rotatable bonds is 4. The van der Waals surface area contributed by atoms with Gasteiger partial charge in [-0.15, -0.1) is 0 Å². The van der Waals surface area contributed by atoms with E-state index in [1.165, 1.54) is 6.07 Å². The molecule has 6 heteroatoms. The molecule has 1 N–H and O–H groups in total. The van der Waals surface area contributed by atoms with Crippen LogP contribution in [0.4, 0.5) is 8.78 Å². The Hall–Kier alpha value is -2.47. The van der Waals surface area contributed by atoms with Crippen molar-refractivity contribution in [1.29, 1.82) is 0 Å². The number of hydrogen-bond donors (Lipinski definition) is 1. The normalized spacial score (nSPS) is 12.5. The van der Waals surface area contributed by atoms with Crippen molar-refractivity contribution in [3.63, 3.8) is 0 Å². The molecule has 0 radical (unpaired) electrons. The van der Waals surface area contributed by atoms with E-state index in [1.54, 1.807) is 17.1 Å². The average molecular weight is 289 g/mol. The van der Waals surface area contributed by atoms with Gasteiger partial charge in [0.15, 0.2) is 11.6 Å². The minimum Gasteiger partial charge on any atom is -0.386 e. The van der Waals surface area contributed by atoms with Crippen molar-refractivity contribution in [2.45, 2.75) is 12.6 Å². The third-order valence-electron chi connectivity index (χ3n) is 3.21. The maximum absolute atomic E-state index is 13.2. The highest BCUT2D eigenvalue weighted by molar-refractivity contribution is 5.26. The Kier molecular flexibility index (Phi) is 3.53. The Balaban J connectivity index is 1.75. The van der Waals surface area contributed by atoms with Gasteiger partial charge in [0.1, 0.15) is 0 Å². The molecule has 108 valence electrons. The molecule has 0 fully saturated rings. The number of aliphatic hydroxyl groups excluding tert-OH is 1. The molecular weight excluding hydrogens is 276 g/mol. The third-order valence-corrected chi connectivity index (χ3v) is 3.21. The standard InChI is InChI=1S/C15H13F2N3O/c16-13-4-3-11(7-14(13)17)15(21)10-20-9-12(8-18-20)19-5-1-2-6-19/h1-9,15,21H,10H2. The number of benzene rings is 1. The van der Waals surface area contributed by atoms with Gasteiger partial charge in [0.05, 0.1) is 24.5 Å². The summed E-state index contributed by atoms with van der Waals surface area (Å²) in [4.78, 5) is 0. The molecule has 0 saturated heterocycles. The van der Waals surface area contributed by atoms with Crippen LogP contribution in [-0.2, 0) is 6.54 Å². The molecule has 0 amide bonds. The van der Waals surface area contributed by atoms with Gasteiger partial charge in [0, 0.05) is 18.6 Å². The molecule has 2 heterocycles. The number of aliphatic hydroxyl groups is 1. The lowest BCUT2D eigenvalue weighted by atomic mass is 10.1. The van der Waals surface area contributed by atoms with Crippen molar-refractivity contribution >= 4 is 0 Å². The molecule has 4 nitrogen and oxygen atoms in total. The monoisotopic (exact) mass is 289 g/mol. The van der Waals surface area contributed by atoms with Crippen molar-refractivity contribution in [2.24, 2.45) is 0 Å². The smallest absolute Gasteiger partial charge is 0.159 e. The van der Waals surface area contributed by atoms with Crippen LogP contribution >= 0.6 is 0 Å². The van der Waals surface area contributed by atoms with Gasteiger partial charge in [-0.1, -0.05) is 6.07 Å². The molecule has 0 saturated carbocycles. The second kappa shape index (κ2) is 5.49. The van der Waals surface area contributed by atoms with E-state index in [0.717, 1.165) is 17.8 Å². The van der Waals surface area contributed by atoms with Crippen LogP contribution in [-0.4, -0.2) is 19.5 Å². The van der Waals surface area contributed by atoms with Crippen LogP contribution in [0.1, 0.15) is 11.7 Å². The number of hydrogen-bond acceptors (Lipinski definition) is 2. The van der Waals surface area contributed by atoms with Gasteiger partial charge in [-0.25, -0.2) is 8.78 Å². The first-order chi connectivity index (χ1) is 10.1. The first kappa shape index (κ1) is 13.5. The van der Waals surface area contributed by atoms with Crippen LogP contribution in [0, 0.1) is 11.6 Å². The largest absolute Gasteiger partial charge is 0.386 e. The number of aromatic nitrogens is 3. The molecule has 2 aromatic heterocycles. The van der Waals surface area contributed by atoms with E-state index in [9.17, 15) is 13.9 Å². The first-order valence-electron chi connectivity index (χ1n) is 6.42. The summed E-state index contributed by atoms with van der Waals surface area (Å²) in [5.74, 6) is -1.90. The molecule has 0 aliphatic rings. The van der Waals surface area contributed by atoms with E-state index in [1.807, 2.05) is 29.1 Å². The second-order valence-corrected chi connectivity index (χ2v) is 4.70. The van der Waals surface area contributed by atoms with Crippen LogP contribution in [0.15, 0.2) is 55.1 Å². The summed E-state index contributed by atoms with van der Waals surface area (Å²) in [6.07, 6.45) is 6.24. The van der Waals surface area contributed by atoms with Crippen LogP contribution in [0.3, 0.4) is 0 Å². The first-order valence-corrected chi connectivity index (χ1v) is 6.42. The number of halogens is 2. The van der Waals surface area contributed by atoms with E-state index >= 15 is 0 Å². The second-order valence-electron chi connectivity index (χ2n) is 4.70. The highest BCUT2D eigenvalue weighted by Gasteiger charge is 2.12. The van der Waals surface area contributed by atoms with Gasteiger partial charge in [-0.3, -0.25) is 4.68 Å². The molecule has 0 spiro atoms. The average Bonchev–Trinajstić information content (AvgIpc) is 3.12. The molecular formula is C15H13F2N3O. The molecule has 0 aliphatic carbocycles. The summed E-state index contributed by atoms with van der Waals surface area (Å²) in [6, 6.07) is 7.15. The van der Waals surface area contributed by atoms with E-state index in [2.05, 4.69) is 5.10 Å². The van der Waals surface area contributed by atoms with Crippen molar-refractivity contribution < 1.29 is 13.9 Å². The minimum atomic E-state index is -0.972. The fourth-order valence-corrected chi connectivity index (χ4v) is 2.09.